The average Bonchev–Trinajstić information content (AvgIpc) is 2.71. The number of aliphatic hydroxyl groups is 2. The topological polar surface area (TPSA) is 70.0 Å². The van der Waals surface area contributed by atoms with Gasteiger partial charge in [0.15, 0.2) is 0 Å². The van der Waals surface area contributed by atoms with Crippen LogP contribution in [0.15, 0.2) is 24.3 Å². The van der Waals surface area contributed by atoms with Crippen LogP contribution in [0.1, 0.15) is 37.2 Å². The lowest BCUT2D eigenvalue weighted by atomic mass is 9.76. The molecule has 1 aliphatic rings. The number of carbonyl (C=O) groups is 1. The van der Waals surface area contributed by atoms with Crippen LogP contribution >= 0.6 is 0 Å². The van der Waals surface area contributed by atoms with E-state index in [1.165, 1.54) is 31.2 Å². The summed E-state index contributed by atoms with van der Waals surface area (Å²) in [6, 6.07) is 11.7. The Morgan fingerprint density at radius 3 is 2.28 bits per heavy atom. The van der Waals surface area contributed by atoms with Gasteiger partial charge in [-0.3, -0.25) is 0 Å². The van der Waals surface area contributed by atoms with Crippen molar-refractivity contribution in [1.29, 1.82) is 0 Å². The van der Waals surface area contributed by atoms with E-state index in [1.807, 2.05) is 31.9 Å². The molecule has 1 aromatic carbocycles. The molecule has 2 rings (SSSR count). The van der Waals surface area contributed by atoms with Crippen molar-refractivity contribution in [1.82, 2.24) is 4.90 Å². The second-order valence-electron chi connectivity index (χ2n) is 5.42. The van der Waals surface area contributed by atoms with Crippen molar-refractivity contribution in [2.45, 2.75) is 31.6 Å². The molecular weight excluding hydrogens is 318 g/mol. The van der Waals surface area contributed by atoms with Crippen LogP contribution < -0.4 is 4.74 Å². The molecule has 1 aliphatic carbocycles. The lowest BCUT2D eigenvalue weighted by Gasteiger charge is -2.28. The monoisotopic (exact) mass is 351 g/mol. The van der Waals surface area contributed by atoms with Gasteiger partial charge in [-0.2, -0.15) is 0 Å². The average molecular weight is 351 g/mol. The number of rotatable bonds is 2. The number of aliphatic hydroxyl groups excluding tert-OH is 2. The van der Waals surface area contributed by atoms with Crippen LogP contribution in [-0.4, -0.2) is 57.3 Å². The number of ether oxygens (including phenoxy) is 1. The molecular formula is C20H33NO4. The Hall–Kier alpha value is -2.03. The zero-order chi connectivity index (χ0) is 19.7. The predicted molar refractivity (Wildman–Crippen MR) is 103 cm³/mol. The zero-order valence-electron chi connectivity index (χ0n) is 16.2. The molecule has 0 heterocycles. The van der Waals surface area contributed by atoms with E-state index in [4.69, 9.17) is 19.7 Å². The number of carbonyl (C=O) groups excluding carboxylic acids is 1. The predicted octanol–water partition coefficient (Wildman–Crippen LogP) is 2.52. The van der Waals surface area contributed by atoms with Crippen molar-refractivity contribution in [2.75, 3.05) is 35.4 Å². The largest absolute Gasteiger partial charge is 0.497 e. The molecule has 2 N–H and O–H groups in total. The molecule has 1 fully saturated rings. The van der Waals surface area contributed by atoms with Crippen LogP contribution in [0.3, 0.4) is 0 Å². The van der Waals surface area contributed by atoms with Crippen molar-refractivity contribution >= 4 is 6.79 Å². The van der Waals surface area contributed by atoms with Gasteiger partial charge in [0.05, 0.1) is 7.11 Å². The maximum atomic E-state index is 8.00. The second kappa shape index (κ2) is 16.8. The van der Waals surface area contributed by atoms with Gasteiger partial charge in [0, 0.05) is 40.3 Å². The molecule has 0 bridgehead atoms. The molecule has 0 aromatic heterocycles. The van der Waals surface area contributed by atoms with E-state index in [9.17, 15) is 0 Å². The molecule has 25 heavy (non-hydrogen) atoms. The maximum Gasteiger partial charge on any atom is 0.119 e. The molecule has 1 unspecified atom stereocenters. The van der Waals surface area contributed by atoms with Crippen molar-refractivity contribution in [3.05, 3.63) is 29.8 Å². The lowest BCUT2D eigenvalue weighted by molar-refractivity contribution is -0.0979. The van der Waals surface area contributed by atoms with Gasteiger partial charge in [0.1, 0.15) is 12.5 Å². The number of hydrogen-bond acceptors (Lipinski definition) is 5. The lowest BCUT2D eigenvalue weighted by Crippen LogP contribution is -2.17. The van der Waals surface area contributed by atoms with Gasteiger partial charge in [-0.25, -0.2) is 0 Å². The van der Waals surface area contributed by atoms with Crippen molar-refractivity contribution < 1.29 is 19.7 Å². The molecule has 0 radical (unpaired) electrons. The van der Waals surface area contributed by atoms with E-state index < -0.39 is 0 Å². The number of benzene rings is 1. The smallest absolute Gasteiger partial charge is 0.119 e. The summed E-state index contributed by atoms with van der Waals surface area (Å²) in [5.74, 6) is 5.42. The number of nitrogens with zero attached hydrogens (tertiary/aromatic N) is 1. The molecule has 0 saturated heterocycles. The van der Waals surface area contributed by atoms with E-state index >= 15 is 0 Å². The van der Waals surface area contributed by atoms with Crippen LogP contribution in [0, 0.1) is 17.9 Å². The van der Waals surface area contributed by atoms with Gasteiger partial charge in [-0.15, -0.1) is 0 Å². The van der Waals surface area contributed by atoms with Gasteiger partial charge in [0.25, 0.3) is 0 Å². The highest BCUT2D eigenvalue weighted by atomic mass is 16.5. The highest BCUT2D eigenvalue weighted by Crippen LogP contribution is 2.38. The second-order valence-corrected chi connectivity index (χ2v) is 5.42. The van der Waals surface area contributed by atoms with E-state index in [-0.39, 0.29) is 0 Å². The van der Waals surface area contributed by atoms with Crippen molar-refractivity contribution in [3.63, 3.8) is 0 Å². The fourth-order valence-electron chi connectivity index (χ4n) is 2.79. The molecule has 1 saturated carbocycles. The van der Waals surface area contributed by atoms with Crippen molar-refractivity contribution in [3.8, 4) is 17.7 Å². The number of methoxy groups -OCH3 is 1. The Bertz CT molecular complexity index is 494. The van der Waals surface area contributed by atoms with Crippen LogP contribution in [0.5, 0.6) is 5.75 Å². The Labute approximate surface area is 152 Å². The van der Waals surface area contributed by atoms with E-state index in [2.05, 4.69) is 30.2 Å². The summed E-state index contributed by atoms with van der Waals surface area (Å²) in [6.07, 6.45) is 5.05. The minimum Gasteiger partial charge on any atom is -0.497 e. The molecule has 0 amide bonds. The number of hydrogen-bond donors (Lipinski definition) is 2. The Balaban J connectivity index is 0. The summed E-state index contributed by atoms with van der Waals surface area (Å²) >= 11 is 0. The van der Waals surface area contributed by atoms with Gasteiger partial charge >= 0.3 is 0 Å². The van der Waals surface area contributed by atoms with E-state index in [0.29, 0.717) is 11.8 Å². The van der Waals surface area contributed by atoms with Gasteiger partial charge < -0.3 is 24.6 Å². The molecule has 1 aromatic rings. The molecule has 5 nitrogen and oxygen atoms in total. The quantitative estimate of drug-likeness (QED) is 0.633. The van der Waals surface area contributed by atoms with Crippen LogP contribution in [0.4, 0.5) is 0 Å². The summed E-state index contributed by atoms with van der Waals surface area (Å²) < 4.78 is 5.33. The molecule has 5 heteroatoms. The molecule has 0 spiro atoms. The third kappa shape index (κ3) is 9.75. The van der Waals surface area contributed by atoms with E-state index in [0.717, 1.165) is 20.0 Å². The normalized spacial score (nSPS) is 17.6. The molecule has 142 valence electrons. The van der Waals surface area contributed by atoms with Gasteiger partial charge in [-0.05, 0) is 36.5 Å². The standard InChI is InChI=1S/C17H23NO.2CH4O.CH2O/c1-18(2)12-11-14-7-4-5-10-17(14)15-8-6-9-16(13-15)19-3;3*1-2/h6,8-9,13-14,17H,4-5,7,10H2,1-3H3;2*2H,1H3;1H2/t14?,17-;;;/m1.../s1. The summed E-state index contributed by atoms with van der Waals surface area (Å²) in [5.41, 5.74) is 1.37. The van der Waals surface area contributed by atoms with Crippen LogP contribution in [-0.2, 0) is 4.79 Å². The maximum absolute atomic E-state index is 8.00. The fraction of sp³-hybridized carbons (Fsp3) is 0.550. The summed E-state index contributed by atoms with van der Waals surface area (Å²) in [7, 11) is 7.72. The zero-order valence-corrected chi connectivity index (χ0v) is 16.2. The Morgan fingerprint density at radius 1 is 1.12 bits per heavy atom. The fourth-order valence-corrected chi connectivity index (χ4v) is 2.79. The van der Waals surface area contributed by atoms with Gasteiger partial charge in [-0.1, -0.05) is 30.9 Å². The van der Waals surface area contributed by atoms with E-state index in [1.54, 1.807) is 7.11 Å². The first-order valence-corrected chi connectivity index (χ1v) is 8.21. The minimum atomic E-state index is 0.475. The molecule has 0 aliphatic heterocycles. The van der Waals surface area contributed by atoms with Gasteiger partial charge in [0.2, 0.25) is 0 Å². The summed E-state index contributed by atoms with van der Waals surface area (Å²) in [6.45, 7) is 2.00. The summed E-state index contributed by atoms with van der Waals surface area (Å²) in [4.78, 5) is 9.94. The SMILES string of the molecule is C=O.CO.CO.COc1cccc([C@@H]2CCCCC2C#CN(C)C)c1. The highest BCUT2D eigenvalue weighted by molar-refractivity contribution is 5.32. The Kier molecular flexibility index (Phi) is 17.0. The highest BCUT2D eigenvalue weighted by Gasteiger charge is 2.25. The minimum absolute atomic E-state index is 0.475. The first-order chi connectivity index (χ1) is 12.2. The third-order valence-electron chi connectivity index (χ3n) is 3.76. The Morgan fingerprint density at radius 2 is 1.72 bits per heavy atom. The van der Waals surface area contributed by atoms with Crippen molar-refractivity contribution in [2.24, 2.45) is 5.92 Å². The van der Waals surface area contributed by atoms with Crippen LogP contribution in [0.25, 0.3) is 0 Å². The third-order valence-corrected chi connectivity index (χ3v) is 3.76. The first-order valence-electron chi connectivity index (χ1n) is 8.21. The first kappa shape index (κ1) is 25.2. The van der Waals surface area contributed by atoms with Crippen LogP contribution in [0.2, 0.25) is 0 Å². The molecule has 2 atom stereocenters. The summed E-state index contributed by atoms with van der Waals surface area (Å²) in [5, 5.41) is 14.0.